The molecule has 3 aromatic rings. The summed E-state index contributed by atoms with van der Waals surface area (Å²) in [6.45, 7) is 0.859. The van der Waals surface area contributed by atoms with Crippen molar-refractivity contribution in [2.24, 2.45) is 0 Å². The Balaban J connectivity index is 1.45. The molecule has 0 fully saturated rings. The molecule has 0 unspecified atom stereocenters. The highest BCUT2D eigenvalue weighted by Gasteiger charge is 2.26. The van der Waals surface area contributed by atoms with Gasteiger partial charge in [-0.2, -0.15) is 4.68 Å². The first-order chi connectivity index (χ1) is 15.7. The van der Waals surface area contributed by atoms with Crippen molar-refractivity contribution in [3.63, 3.8) is 0 Å². The highest BCUT2D eigenvalue weighted by Crippen LogP contribution is 2.38. The van der Waals surface area contributed by atoms with Gasteiger partial charge in [-0.05, 0) is 53.8 Å². The van der Waals surface area contributed by atoms with Gasteiger partial charge in [0.05, 0.1) is 23.6 Å². The molecule has 32 heavy (non-hydrogen) atoms. The van der Waals surface area contributed by atoms with Crippen molar-refractivity contribution in [1.82, 2.24) is 25.5 Å². The average molecular weight is 473 g/mol. The fourth-order valence-corrected chi connectivity index (χ4v) is 5.54. The van der Waals surface area contributed by atoms with Gasteiger partial charge in [0.2, 0.25) is 11.1 Å². The number of aromatic nitrogens is 4. The van der Waals surface area contributed by atoms with Crippen LogP contribution in [0, 0.1) is 0 Å². The lowest BCUT2D eigenvalue weighted by Gasteiger charge is -2.13. The number of methoxy groups -OCH3 is 1. The predicted molar refractivity (Wildman–Crippen MR) is 124 cm³/mol. The number of fused-ring (bicyclic) bond motifs is 1. The highest BCUT2D eigenvalue weighted by molar-refractivity contribution is 7.99. The molecule has 1 aliphatic rings. The number of amides is 2. The quantitative estimate of drug-likeness (QED) is 0.364. The molecule has 1 aliphatic carbocycles. The van der Waals surface area contributed by atoms with Crippen LogP contribution in [0.4, 0.5) is 5.00 Å². The molecular weight excluding hydrogens is 448 g/mol. The van der Waals surface area contributed by atoms with Crippen LogP contribution < -0.4 is 10.6 Å². The maximum Gasteiger partial charge on any atom is 0.254 e. The van der Waals surface area contributed by atoms with E-state index in [0.717, 1.165) is 36.9 Å². The SMILES string of the molecule is COCCNC(=O)c1c(NC(=O)CSc2nnnn2-c2ccccc2)sc2c1CCCC2. The molecule has 2 heterocycles. The summed E-state index contributed by atoms with van der Waals surface area (Å²) in [4.78, 5) is 26.8. The third-order valence-corrected chi connectivity index (χ3v) is 7.14. The first kappa shape index (κ1) is 22.4. The minimum absolute atomic E-state index is 0.126. The van der Waals surface area contributed by atoms with Crippen LogP contribution in [-0.4, -0.2) is 58.0 Å². The molecule has 0 aliphatic heterocycles. The molecule has 2 N–H and O–H groups in total. The Morgan fingerprint density at radius 3 is 2.84 bits per heavy atom. The van der Waals surface area contributed by atoms with E-state index in [1.807, 2.05) is 30.3 Å². The van der Waals surface area contributed by atoms with Crippen LogP contribution in [-0.2, 0) is 22.4 Å². The van der Waals surface area contributed by atoms with Crippen LogP contribution in [0.5, 0.6) is 0 Å². The molecule has 2 amide bonds. The number of tetrazole rings is 1. The number of thiophene rings is 1. The Kier molecular flexibility index (Phi) is 7.51. The van der Waals surface area contributed by atoms with E-state index in [-0.39, 0.29) is 17.6 Å². The zero-order chi connectivity index (χ0) is 22.3. The van der Waals surface area contributed by atoms with Gasteiger partial charge >= 0.3 is 0 Å². The Hall–Kier alpha value is -2.76. The third kappa shape index (κ3) is 5.17. The van der Waals surface area contributed by atoms with Crippen molar-refractivity contribution < 1.29 is 14.3 Å². The second-order valence-corrected chi connectivity index (χ2v) is 9.26. The highest BCUT2D eigenvalue weighted by atomic mass is 32.2. The van der Waals surface area contributed by atoms with E-state index in [1.165, 1.54) is 28.0 Å². The number of benzene rings is 1. The van der Waals surface area contributed by atoms with Gasteiger partial charge < -0.3 is 15.4 Å². The van der Waals surface area contributed by atoms with Crippen LogP contribution >= 0.6 is 23.1 Å². The number of carbonyl (C=O) groups is 2. The second-order valence-electron chi connectivity index (χ2n) is 7.21. The van der Waals surface area contributed by atoms with Gasteiger partial charge in [0.25, 0.3) is 5.91 Å². The predicted octanol–water partition coefficient (Wildman–Crippen LogP) is 2.71. The first-order valence-corrected chi connectivity index (χ1v) is 12.2. The number of hydrogen-bond donors (Lipinski definition) is 2. The first-order valence-electron chi connectivity index (χ1n) is 10.4. The van der Waals surface area contributed by atoms with Crippen LogP contribution in [0.25, 0.3) is 5.69 Å². The van der Waals surface area contributed by atoms with Gasteiger partial charge in [-0.3, -0.25) is 9.59 Å². The third-order valence-electron chi connectivity index (χ3n) is 5.02. The molecule has 0 radical (unpaired) electrons. The second kappa shape index (κ2) is 10.7. The monoisotopic (exact) mass is 472 g/mol. The molecule has 0 saturated heterocycles. The van der Waals surface area contributed by atoms with Crippen molar-refractivity contribution in [2.45, 2.75) is 30.8 Å². The van der Waals surface area contributed by atoms with Gasteiger partial charge in [0, 0.05) is 18.5 Å². The minimum atomic E-state index is -0.206. The summed E-state index contributed by atoms with van der Waals surface area (Å²) >= 11 is 2.75. The lowest BCUT2D eigenvalue weighted by Crippen LogP contribution is -2.29. The van der Waals surface area contributed by atoms with Crippen LogP contribution in [0.1, 0.15) is 33.6 Å². The Morgan fingerprint density at radius 1 is 1.22 bits per heavy atom. The number of hydrogen-bond acceptors (Lipinski definition) is 8. The van der Waals surface area contributed by atoms with E-state index in [9.17, 15) is 9.59 Å². The summed E-state index contributed by atoms with van der Waals surface area (Å²) < 4.78 is 6.62. The number of anilines is 1. The Labute approximate surface area is 193 Å². The van der Waals surface area contributed by atoms with E-state index >= 15 is 0 Å². The van der Waals surface area contributed by atoms with Crippen LogP contribution in [0.2, 0.25) is 0 Å². The zero-order valence-corrected chi connectivity index (χ0v) is 19.3. The molecular formula is C21H24N6O3S2. The largest absolute Gasteiger partial charge is 0.383 e. The van der Waals surface area contributed by atoms with Crippen molar-refractivity contribution in [2.75, 3.05) is 31.3 Å². The molecule has 1 aromatic carbocycles. The summed E-state index contributed by atoms with van der Waals surface area (Å²) in [7, 11) is 1.59. The number of carbonyl (C=O) groups excluding carboxylic acids is 2. The van der Waals surface area contributed by atoms with Gasteiger partial charge in [0.15, 0.2) is 0 Å². The molecule has 9 nitrogen and oxygen atoms in total. The lowest BCUT2D eigenvalue weighted by atomic mass is 9.95. The molecule has 11 heteroatoms. The fraction of sp³-hybridized carbons (Fsp3) is 0.381. The van der Waals surface area contributed by atoms with Gasteiger partial charge in [0.1, 0.15) is 5.00 Å². The Bertz CT molecular complexity index is 1080. The fourth-order valence-electron chi connectivity index (χ4n) is 3.54. The van der Waals surface area contributed by atoms with Crippen LogP contribution in [0.3, 0.4) is 0 Å². The van der Waals surface area contributed by atoms with E-state index in [0.29, 0.717) is 28.9 Å². The smallest absolute Gasteiger partial charge is 0.254 e. The maximum absolute atomic E-state index is 12.9. The van der Waals surface area contributed by atoms with Crippen molar-refractivity contribution in [3.05, 3.63) is 46.3 Å². The molecule has 0 saturated carbocycles. The molecule has 2 aromatic heterocycles. The number of rotatable bonds is 9. The standard InChI is InChI=1S/C21H24N6O3S2/c1-30-12-11-22-19(29)18-15-9-5-6-10-16(15)32-20(18)23-17(28)13-31-21-24-25-26-27(21)14-7-3-2-4-8-14/h2-4,7-8H,5-6,9-13H2,1H3,(H,22,29)(H,23,28). The van der Waals surface area contributed by atoms with E-state index in [4.69, 9.17) is 4.74 Å². The maximum atomic E-state index is 12.9. The van der Waals surface area contributed by atoms with E-state index in [1.54, 1.807) is 11.8 Å². The van der Waals surface area contributed by atoms with Gasteiger partial charge in [-0.15, -0.1) is 16.4 Å². The average Bonchev–Trinajstić information content (AvgIpc) is 3.42. The number of thioether (sulfide) groups is 1. The van der Waals surface area contributed by atoms with Gasteiger partial charge in [-0.1, -0.05) is 30.0 Å². The zero-order valence-electron chi connectivity index (χ0n) is 17.7. The van der Waals surface area contributed by atoms with Crippen molar-refractivity contribution in [3.8, 4) is 5.69 Å². The number of aryl methyl sites for hydroxylation is 1. The topological polar surface area (TPSA) is 111 Å². The Morgan fingerprint density at radius 2 is 2.03 bits per heavy atom. The number of ether oxygens (including phenoxy) is 1. The normalized spacial score (nSPS) is 12.9. The summed E-state index contributed by atoms with van der Waals surface area (Å²) in [5.41, 5.74) is 2.47. The molecule has 168 valence electrons. The molecule has 0 spiro atoms. The van der Waals surface area contributed by atoms with E-state index < -0.39 is 0 Å². The van der Waals surface area contributed by atoms with Crippen molar-refractivity contribution in [1.29, 1.82) is 0 Å². The molecule has 4 rings (SSSR count). The van der Waals surface area contributed by atoms with Crippen molar-refractivity contribution >= 4 is 39.9 Å². The number of nitrogens with zero attached hydrogens (tertiary/aromatic N) is 4. The van der Waals surface area contributed by atoms with Crippen LogP contribution in [0.15, 0.2) is 35.5 Å². The number of para-hydroxylation sites is 1. The summed E-state index contributed by atoms with van der Waals surface area (Å²) in [5.74, 6) is -0.250. The minimum Gasteiger partial charge on any atom is -0.383 e. The molecule has 0 bridgehead atoms. The summed E-state index contributed by atoms with van der Waals surface area (Å²) in [6, 6.07) is 9.50. The summed E-state index contributed by atoms with van der Waals surface area (Å²) in [6.07, 6.45) is 3.95. The number of nitrogens with one attached hydrogen (secondary N) is 2. The van der Waals surface area contributed by atoms with E-state index in [2.05, 4.69) is 26.2 Å². The molecule has 0 atom stereocenters. The summed E-state index contributed by atoms with van der Waals surface area (Å²) in [5, 5.41) is 18.7. The lowest BCUT2D eigenvalue weighted by molar-refractivity contribution is -0.113. The van der Waals surface area contributed by atoms with Gasteiger partial charge in [-0.25, -0.2) is 0 Å².